The van der Waals surface area contributed by atoms with Crippen LogP contribution < -0.4 is 0 Å². The quantitative estimate of drug-likeness (QED) is 0.599. The summed E-state index contributed by atoms with van der Waals surface area (Å²) in [5, 5.41) is 0. The predicted octanol–water partition coefficient (Wildman–Crippen LogP) is 3.01. The second-order valence-electron chi connectivity index (χ2n) is 2.74. The van der Waals surface area contributed by atoms with E-state index in [4.69, 9.17) is 0 Å². The van der Waals surface area contributed by atoms with Gasteiger partial charge in [-0.05, 0) is 30.9 Å². The maximum Gasteiger partial charge on any atom is 0.200 e. The average molecular weight is 259 g/mol. The monoisotopic (exact) mass is 259 g/mol. The lowest BCUT2D eigenvalue weighted by atomic mass is 10.2. The van der Waals surface area contributed by atoms with Crippen molar-refractivity contribution in [1.29, 1.82) is 0 Å². The van der Waals surface area contributed by atoms with Crippen molar-refractivity contribution in [3.8, 4) is 0 Å². The zero-order chi connectivity index (χ0) is 11.3. The molecule has 0 radical (unpaired) electrons. The highest BCUT2D eigenvalue weighted by Gasteiger charge is 2.36. The minimum absolute atomic E-state index is 0.128. The Balaban J connectivity index is 3.01. The molecule has 1 aromatic heterocycles. The lowest BCUT2D eigenvalue weighted by Crippen LogP contribution is -2.27. The van der Waals surface area contributed by atoms with E-state index in [0.717, 1.165) is 0 Å². The summed E-state index contributed by atoms with van der Waals surface area (Å²) >= 11 is 4.71. The third kappa shape index (κ3) is 2.71. The maximum atomic E-state index is 12.3. The number of Topliss-reactive ketones (excluding diaryl/α,β-unsaturated/α-hetero) is 1. The smallest absolute Gasteiger partial charge is 0.200 e. The molecule has 0 atom stereocenters. The number of nitrogens with zero attached hydrogens (tertiary/aromatic N) is 1. The molecule has 0 aromatic carbocycles. The van der Waals surface area contributed by atoms with E-state index in [0.29, 0.717) is 5.56 Å². The first-order valence-corrected chi connectivity index (χ1v) is 7.98. The van der Waals surface area contributed by atoms with E-state index < -0.39 is 3.41 Å². The van der Waals surface area contributed by atoms with E-state index in [1.165, 1.54) is 0 Å². The van der Waals surface area contributed by atoms with Crippen LogP contribution in [0, 0.1) is 0 Å². The Morgan fingerprint density at radius 1 is 1.27 bits per heavy atom. The van der Waals surface area contributed by atoms with Crippen molar-refractivity contribution < 1.29 is 4.79 Å². The van der Waals surface area contributed by atoms with Gasteiger partial charge in [0.15, 0.2) is 3.41 Å². The van der Waals surface area contributed by atoms with Gasteiger partial charge in [-0.25, -0.2) is 0 Å². The van der Waals surface area contributed by atoms with Gasteiger partial charge in [-0.2, -0.15) is 0 Å². The highest BCUT2D eigenvalue weighted by atomic mass is 32.3. The number of aromatic nitrogens is 1. The van der Waals surface area contributed by atoms with Gasteiger partial charge in [-0.1, -0.05) is 0 Å². The molecule has 0 bridgehead atoms. The first-order chi connectivity index (χ1) is 7.20. The van der Waals surface area contributed by atoms with Crippen molar-refractivity contribution in [2.75, 3.05) is 18.8 Å². The van der Waals surface area contributed by atoms with Crippen molar-refractivity contribution in [2.45, 2.75) is 3.41 Å². The van der Waals surface area contributed by atoms with Crippen LogP contribution in [-0.4, -0.2) is 32.9 Å². The Hall–Kier alpha value is -0.130. The van der Waals surface area contributed by atoms with E-state index >= 15 is 0 Å². The molecule has 0 saturated heterocycles. The molecule has 0 spiro atoms. The Kier molecular flexibility index (Phi) is 5.02. The zero-order valence-corrected chi connectivity index (χ0v) is 11.3. The summed E-state index contributed by atoms with van der Waals surface area (Å²) in [6, 6.07) is 3.60. The lowest BCUT2D eigenvalue weighted by molar-refractivity contribution is 0.100. The van der Waals surface area contributed by atoms with Crippen LogP contribution in [0.5, 0.6) is 0 Å². The Morgan fingerprint density at radius 3 is 2.27 bits per heavy atom. The van der Waals surface area contributed by atoms with Gasteiger partial charge in [-0.15, -0.1) is 35.3 Å². The molecule has 15 heavy (non-hydrogen) atoms. The van der Waals surface area contributed by atoms with Gasteiger partial charge in [0.1, 0.15) is 0 Å². The second kappa shape index (κ2) is 5.82. The van der Waals surface area contributed by atoms with Gasteiger partial charge in [0.2, 0.25) is 5.78 Å². The molecule has 1 heterocycles. The average Bonchev–Trinajstić information content (AvgIpc) is 2.33. The SMILES string of the molecule is CSC(SC)(SC)C(=O)c1cccnc1. The summed E-state index contributed by atoms with van der Waals surface area (Å²) in [6.07, 6.45) is 9.18. The first kappa shape index (κ1) is 12.9. The number of rotatable bonds is 5. The van der Waals surface area contributed by atoms with Crippen molar-refractivity contribution in [2.24, 2.45) is 0 Å². The minimum Gasteiger partial charge on any atom is -0.291 e. The van der Waals surface area contributed by atoms with Gasteiger partial charge in [0.25, 0.3) is 0 Å². The van der Waals surface area contributed by atoms with Crippen molar-refractivity contribution >= 4 is 41.1 Å². The molecule has 0 aliphatic rings. The van der Waals surface area contributed by atoms with Gasteiger partial charge in [0, 0.05) is 18.0 Å². The fourth-order valence-electron chi connectivity index (χ4n) is 1.20. The summed E-state index contributed by atoms with van der Waals surface area (Å²) in [7, 11) is 0. The number of ketones is 1. The standard InChI is InChI=1S/C10H13NOS3/c1-13-10(14-2,15-3)9(12)8-5-4-6-11-7-8/h4-7H,1-3H3. The molecule has 1 rings (SSSR count). The number of carbonyl (C=O) groups excluding carboxylic acids is 1. The fraction of sp³-hybridized carbons (Fsp3) is 0.400. The van der Waals surface area contributed by atoms with E-state index in [1.807, 2.05) is 24.8 Å². The third-order valence-electron chi connectivity index (χ3n) is 2.01. The van der Waals surface area contributed by atoms with Crippen molar-refractivity contribution in [1.82, 2.24) is 4.98 Å². The minimum atomic E-state index is -0.441. The Morgan fingerprint density at radius 2 is 1.87 bits per heavy atom. The molecular weight excluding hydrogens is 246 g/mol. The first-order valence-electron chi connectivity index (χ1n) is 4.30. The molecule has 0 unspecified atom stereocenters. The molecule has 0 fully saturated rings. The number of hydrogen-bond acceptors (Lipinski definition) is 5. The van der Waals surface area contributed by atoms with Crippen LogP contribution >= 0.6 is 35.3 Å². The third-order valence-corrected chi connectivity index (χ3v) is 7.18. The van der Waals surface area contributed by atoms with E-state index in [9.17, 15) is 4.79 Å². The largest absolute Gasteiger partial charge is 0.291 e. The van der Waals surface area contributed by atoms with Crippen molar-refractivity contribution in [3.05, 3.63) is 30.1 Å². The number of carbonyl (C=O) groups is 1. The summed E-state index contributed by atoms with van der Waals surface area (Å²) in [5.41, 5.74) is 0.676. The summed E-state index contributed by atoms with van der Waals surface area (Å²) < 4.78 is -0.441. The number of thioether (sulfide) groups is 3. The molecule has 0 amide bonds. The van der Waals surface area contributed by atoms with Crippen molar-refractivity contribution in [3.63, 3.8) is 0 Å². The highest BCUT2D eigenvalue weighted by molar-refractivity contribution is 8.34. The summed E-state index contributed by atoms with van der Waals surface area (Å²) in [6.45, 7) is 0. The predicted molar refractivity (Wildman–Crippen MR) is 71.8 cm³/mol. The molecule has 0 N–H and O–H groups in total. The van der Waals surface area contributed by atoms with Crippen LogP contribution in [0.3, 0.4) is 0 Å². The van der Waals surface area contributed by atoms with Crippen LogP contribution in [0.15, 0.2) is 24.5 Å². The summed E-state index contributed by atoms with van der Waals surface area (Å²) in [5.74, 6) is 0.128. The highest BCUT2D eigenvalue weighted by Crippen LogP contribution is 2.45. The van der Waals surface area contributed by atoms with Gasteiger partial charge < -0.3 is 0 Å². The van der Waals surface area contributed by atoms with Crippen LogP contribution in [0.25, 0.3) is 0 Å². The molecule has 82 valence electrons. The normalized spacial score (nSPS) is 11.4. The van der Waals surface area contributed by atoms with Crippen LogP contribution in [-0.2, 0) is 0 Å². The van der Waals surface area contributed by atoms with Crippen LogP contribution in [0.4, 0.5) is 0 Å². The van der Waals surface area contributed by atoms with E-state index in [2.05, 4.69) is 4.98 Å². The van der Waals surface area contributed by atoms with Gasteiger partial charge in [-0.3, -0.25) is 9.78 Å². The molecule has 5 heteroatoms. The van der Waals surface area contributed by atoms with Gasteiger partial charge >= 0.3 is 0 Å². The Bertz CT molecular complexity index is 316. The van der Waals surface area contributed by atoms with Gasteiger partial charge in [0.05, 0.1) is 0 Å². The maximum absolute atomic E-state index is 12.3. The number of hydrogen-bond donors (Lipinski definition) is 0. The lowest BCUT2D eigenvalue weighted by Gasteiger charge is -2.25. The summed E-state index contributed by atoms with van der Waals surface area (Å²) in [4.78, 5) is 16.2. The number of pyridine rings is 1. The van der Waals surface area contributed by atoms with E-state index in [-0.39, 0.29) is 5.78 Å². The molecule has 0 aliphatic carbocycles. The molecule has 0 saturated carbocycles. The topological polar surface area (TPSA) is 30.0 Å². The van der Waals surface area contributed by atoms with Crippen LogP contribution in [0.1, 0.15) is 10.4 Å². The zero-order valence-electron chi connectivity index (χ0n) is 8.89. The molecule has 1 aromatic rings. The molecule has 0 aliphatic heterocycles. The second-order valence-corrected chi connectivity index (χ2v) is 6.58. The van der Waals surface area contributed by atoms with Crippen LogP contribution in [0.2, 0.25) is 0 Å². The Labute approximate surface area is 103 Å². The molecule has 2 nitrogen and oxygen atoms in total. The fourth-order valence-corrected chi connectivity index (χ4v) is 4.11. The van der Waals surface area contributed by atoms with E-state index in [1.54, 1.807) is 53.7 Å². The molecular formula is C10H13NOS3.